The van der Waals surface area contributed by atoms with Crippen LogP contribution in [0.5, 0.6) is 0 Å². The van der Waals surface area contributed by atoms with Crippen molar-refractivity contribution in [2.45, 2.75) is 33.6 Å². The van der Waals surface area contributed by atoms with Crippen LogP contribution in [0.2, 0.25) is 0 Å². The fourth-order valence-electron chi connectivity index (χ4n) is 1.83. The van der Waals surface area contributed by atoms with Gasteiger partial charge in [-0.25, -0.2) is 0 Å². The van der Waals surface area contributed by atoms with Crippen molar-refractivity contribution >= 4 is 17.6 Å². The molecule has 0 bridgehead atoms. The second kappa shape index (κ2) is 6.18. The number of hydrogen-bond acceptors (Lipinski definition) is 3. The molecule has 1 heterocycles. The quantitative estimate of drug-likeness (QED) is 0.812. The summed E-state index contributed by atoms with van der Waals surface area (Å²) in [6.45, 7) is 5.72. The summed E-state index contributed by atoms with van der Waals surface area (Å²) < 4.78 is 1.67. The first-order valence-electron chi connectivity index (χ1n) is 6.02. The lowest BCUT2D eigenvalue weighted by Gasteiger charge is -2.08. The molecule has 2 amide bonds. The van der Waals surface area contributed by atoms with Crippen molar-refractivity contribution in [3.05, 3.63) is 11.3 Å². The lowest BCUT2D eigenvalue weighted by molar-refractivity contribution is -0.119. The molecule has 18 heavy (non-hydrogen) atoms. The summed E-state index contributed by atoms with van der Waals surface area (Å²) in [4.78, 5) is 22.4. The number of nitrogens with zero attached hydrogens (tertiary/aromatic N) is 2. The topological polar surface area (TPSA) is 76.0 Å². The van der Waals surface area contributed by atoms with E-state index in [1.54, 1.807) is 11.7 Å². The van der Waals surface area contributed by atoms with Gasteiger partial charge in [0.2, 0.25) is 11.8 Å². The minimum atomic E-state index is -0.131. The van der Waals surface area contributed by atoms with Crippen LogP contribution in [0.3, 0.4) is 0 Å². The van der Waals surface area contributed by atoms with Gasteiger partial charge < -0.3 is 10.6 Å². The predicted molar refractivity (Wildman–Crippen MR) is 69.3 cm³/mol. The largest absolute Gasteiger partial charge is 0.356 e. The van der Waals surface area contributed by atoms with Gasteiger partial charge in [-0.15, -0.1) is 0 Å². The second-order valence-corrected chi connectivity index (χ2v) is 4.17. The monoisotopic (exact) mass is 252 g/mol. The number of hydrogen-bond donors (Lipinski definition) is 2. The van der Waals surface area contributed by atoms with E-state index in [0.29, 0.717) is 6.54 Å². The highest BCUT2D eigenvalue weighted by Crippen LogP contribution is 2.19. The number of anilines is 1. The Morgan fingerprint density at radius 2 is 2.06 bits per heavy atom. The zero-order valence-corrected chi connectivity index (χ0v) is 11.3. The predicted octanol–water partition coefficient (Wildman–Crippen LogP) is 0.756. The van der Waals surface area contributed by atoms with E-state index in [2.05, 4.69) is 15.7 Å². The molecular formula is C12H20N4O2. The third-order valence-electron chi connectivity index (χ3n) is 2.68. The number of amides is 2. The van der Waals surface area contributed by atoms with Crippen LogP contribution in [0.25, 0.3) is 0 Å². The van der Waals surface area contributed by atoms with Crippen molar-refractivity contribution in [2.24, 2.45) is 7.05 Å². The van der Waals surface area contributed by atoms with Crippen LogP contribution < -0.4 is 10.6 Å². The fraction of sp³-hybridized carbons (Fsp3) is 0.583. The minimum Gasteiger partial charge on any atom is -0.356 e. The first-order valence-corrected chi connectivity index (χ1v) is 6.02. The summed E-state index contributed by atoms with van der Waals surface area (Å²) >= 11 is 0. The average Bonchev–Trinajstić information content (AvgIpc) is 2.53. The molecule has 2 N–H and O–H groups in total. The molecule has 0 aromatic carbocycles. The standard InChI is InChI=1S/C12H20N4O2/c1-5-10-8(2)15-16(4)12(10)14-11(18)6-7-13-9(3)17/h5-7H2,1-4H3,(H,13,17)(H,14,18). The molecule has 1 aromatic heterocycles. The van der Waals surface area contributed by atoms with Gasteiger partial charge in [-0.1, -0.05) is 6.92 Å². The minimum absolute atomic E-state index is 0.124. The molecule has 0 spiro atoms. The van der Waals surface area contributed by atoms with Crippen molar-refractivity contribution in [1.29, 1.82) is 0 Å². The molecular weight excluding hydrogens is 232 g/mol. The Kier molecular flexibility index (Phi) is 4.88. The molecule has 0 aliphatic carbocycles. The van der Waals surface area contributed by atoms with Gasteiger partial charge in [-0.2, -0.15) is 5.10 Å². The van der Waals surface area contributed by atoms with Crippen LogP contribution in [0, 0.1) is 6.92 Å². The van der Waals surface area contributed by atoms with Gasteiger partial charge in [-0.05, 0) is 13.3 Å². The summed E-state index contributed by atoms with van der Waals surface area (Å²) in [5.74, 6) is 0.484. The second-order valence-electron chi connectivity index (χ2n) is 4.17. The third kappa shape index (κ3) is 3.58. The number of aryl methyl sites for hydroxylation is 2. The van der Waals surface area contributed by atoms with E-state index in [0.717, 1.165) is 23.5 Å². The molecule has 6 nitrogen and oxygen atoms in total. The summed E-state index contributed by atoms with van der Waals surface area (Å²) in [6, 6.07) is 0. The molecule has 1 aromatic rings. The first-order chi connectivity index (χ1) is 8.45. The molecule has 0 saturated carbocycles. The van der Waals surface area contributed by atoms with E-state index in [4.69, 9.17) is 0 Å². The lowest BCUT2D eigenvalue weighted by Crippen LogP contribution is -2.26. The van der Waals surface area contributed by atoms with E-state index in [9.17, 15) is 9.59 Å². The molecule has 0 radical (unpaired) electrons. The van der Waals surface area contributed by atoms with Crippen LogP contribution in [-0.4, -0.2) is 28.1 Å². The Labute approximate surface area is 107 Å². The van der Waals surface area contributed by atoms with Crippen molar-refractivity contribution in [3.63, 3.8) is 0 Å². The van der Waals surface area contributed by atoms with Gasteiger partial charge in [0.05, 0.1) is 5.69 Å². The normalized spacial score (nSPS) is 10.2. The maximum Gasteiger partial charge on any atom is 0.227 e. The molecule has 0 aliphatic rings. The summed E-state index contributed by atoms with van der Waals surface area (Å²) in [6.07, 6.45) is 1.08. The number of carbonyl (C=O) groups is 2. The molecule has 0 atom stereocenters. The fourth-order valence-corrected chi connectivity index (χ4v) is 1.83. The maximum absolute atomic E-state index is 11.7. The molecule has 0 unspecified atom stereocenters. The molecule has 1 rings (SSSR count). The summed E-state index contributed by atoms with van der Waals surface area (Å²) in [5.41, 5.74) is 1.97. The highest BCUT2D eigenvalue weighted by atomic mass is 16.2. The number of carbonyl (C=O) groups excluding carboxylic acids is 2. The SMILES string of the molecule is CCc1c(C)nn(C)c1NC(=O)CCNC(C)=O. The number of nitrogens with one attached hydrogen (secondary N) is 2. The van der Waals surface area contributed by atoms with Crippen LogP contribution in [-0.2, 0) is 23.1 Å². The van der Waals surface area contributed by atoms with Gasteiger partial charge in [0.1, 0.15) is 5.82 Å². The van der Waals surface area contributed by atoms with E-state index in [1.165, 1.54) is 6.92 Å². The lowest BCUT2D eigenvalue weighted by atomic mass is 10.2. The number of aromatic nitrogens is 2. The van der Waals surface area contributed by atoms with Gasteiger partial charge in [-0.3, -0.25) is 14.3 Å². The van der Waals surface area contributed by atoms with Crippen molar-refractivity contribution in [3.8, 4) is 0 Å². The van der Waals surface area contributed by atoms with Crippen molar-refractivity contribution < 1.29 is 9.59 Å². The smallest absolute Gasteiger partial charge is 0.227 e. The highest BCUT2D eigenvalue weighted by molar-refractivity contribution is 5.91. The third-order valence-corrected chi connectivity index (χ3v) is 2.68. The van der Waals surface area contributed by atoms with E-state index < -0.39 is 0 Å². The Balaban J connectivity index is 2.61. The Bertz CT molecular complexity index is 451. The zero-order chi connectivity index (χ0) is 13.7. The summed E-state index contributed by atoms with van der Waals surface area (Å²) in [5, 5.41) is 9.70. The van der Waals surface area contributed by atoms with Gasteiger partial charge >= 0.3 is 0 Å². The molecule has 0 fully saturated rings. The van der Waals surface area contributed by atoms with E-state index in [-0.39, 0.29) is 18.2 Å². The molecule has 0 saturated heterocycles. The average molecular weight is 252 g/mol. The van der Waals surface area contributed by atoms with E-state index >= 15 is 0 Å². The molecule has 100 valence electrons. The van der Waals surface area contributed by atoms with Gasteiger partial charge in [0.25, 0.3) is 0 Å². The van der Waals surface area contributed by atoms with Crippen molar-refractivity contribution in [2.75, 3.05) is 11.9 Å². The molecule has 0 aliphatic heterocycles. The summed E-state index contributed by atoms with van der Waals surface area (Å²) in [7, 11) is 1.80. The first kappa shape index (κ1) is 14.2. The van der Waals surface area contributed by atoms with Crippen LogP contribution in [0.4, 0.5) is 5.82 Å². The van der Waals surface area contributed by atoms with Crippen LogP contribution in [0.1, 0.15) is 31.5 Å². The highest BCUT2D eigenvalue weighted by Gasteiger charge is 2.13. The van der Waals surface area contributed by atoms with E-state index in [1.807, 2.05) is 13.8 Å². The Morgan fingerprint density at radius 3 is 2.61 bits per heavy atom. The van der Waals surface area contributed by atoms with Crippen molar-refractivity contribution in [1.82, 2.24) is 15.1 Å². The van der Waals surface area contributed by atoms with Gasteiger partial charge in [0, 0.05) is 32.5 Å². The Morgan fingerprint density at radius 1 is 1.39 bits per heavy atom. The Hall–Kier alpha value is -1.85. The molecule has 6 heteroatoms. The van der Waals surface area contributed by atoms with Crippen LogP contribution in [0.15, 0.2) is 0 Å². The van der Waals surface area contributed by atoms with Crippen LogP contribution >= 0.6 is 0 Å². The zero-order valence-electron chi connectivity index (χ0n) is 11.3. The number of rotatable bonds is 5. The maximum atomic E-state index is 11.7. The van der Waals surface area contributed by atoms with Gasteiger partial charge in [0.15, 0.2) is 0 Å².